The summed E-state index contributed by atoms with van der Waals surface area (Å²) in [6.07, 6.45) is 12.6. The van der Waals surface area contributed by atoms with Crippen molar-refractivity contribution in [1.29, 1.82) is 0 Å². The topological polar surface area (TPSA) is 57.2 Å². The summed E-state index contributed by atoms with van der Waals surface area (Å²) in [5, 5.41) is 9.45. The van der Waals surface area contributed by atoms with Crippen LogP contribution in [0.25, 0.3) is 0 Å². The molecule has 36 heavy (non-hydrogen) atoms. The van der Waals surface area contributed by atoms with Gasteiger partial charge in [0.25, 0.3) is 0 Å². The Hall–Kier alpha value is -1.34. The number of fused-ring (bicyclic) bond motifs is 1. The van der Waals surface area contributed by atoms with E-state index in [0.29, 0.717) is 11.8 Å². The monoisotopic (exact) mass is 498 g/mol. The predicted octanol–water partition coefficient (Wildman–Crippen LogP) is 5.61. The minimum Gasteiger partial charge on any atom is -0.392 e. The maximum absolute atomic E-state index is 9.45. The Kier molecular flexibility index (Phi) is 10.3. The Bertz CT molecular complexity index is 844. The Morgan fingerprint density at radius 3 is 2.47 bits per heavy atom. The van der Waals surface area contributed by atoms with E-state index in [9.17, 15) is 5.11 Å². The summed E-state index contributed by atoms with van der Waals surface area (Å²) in [5.41, 5.74) is 1.15. The van der Waals surface area contributed by atoms with Crippen LogP contribution >= 0.6 is 0 Å². The smallest absolute Gasteiger partial charge is 0.159 e. The van der Waals surface area contributed by atoms with E-state index in [1.807, 2.05) is 6.08 Å². The Labute approximate surface area is 218 Å². The number of aliphatic hydroxyl groups excluding tert-OH is 1. The van der Waals surface area contributed by atoms with E-state index in [0.717, 1.165) is 83.8 Å². The van der Waals surface area contributed by atoms with Crippen LogP contribution in [0.15, 0.2) is 11.6 Å². The van der Waals surface area contributed by atoms with Crippen LogP contribution in [-0.4, -0.2) is 49.7 Å². The average molecular weight is 499 g/mol. The van der Waals surface area contributed by atoms with Gasteiger partial charge in [-0.05, 0) is 69.6 Å². The average Bonchev–Trinajstić information content (AvgIpc) is 3.40. The fourth-order valence-electron chi connectivity index (χ4n) is 6.15. The molecule has 200 valence electrons. The molecule has 0 aromatic rings. The quantitative estimate of drug-likeness (QED) is 0.365. The Balaban J connectivity index is 1.55. The van der Waals surface area contributed by atoms with Gasteiger partial charge in [0, 0.05) is 31.5 Å². The van der Waals surface area contributed by atoms with Crippen LogP contribution in [-0.2, 0) is 18.9 Å². The molecule has 1 N–H and O–H groups in total. The van der Waals surface area contributed by atoms with Crippen molar-refractivity contribution < 1.29 is 24.1 Å². The van der Waals surface area contributed by atoms with E-state index >= 15 is 0 Å². The molecule has 0 bridgehead atoms. The SMILES string of the molecule is CCC#CCC(C)(C)[C@@H](C#C[C@@H]1[C@H]2C/C(=C/CO)C[C@H]2C[C@H]1OC1CCCCO1)OC1CCCCO1. The summed E-state index contributed by atoms with van der Waals surface area (Å²) in [7, 11) is 0. The molecule has 2 aliphatic heterocycles. The minimum absolute atomic E-state index is 0.0841. The van der Waals surface area contributed by atoms with Crippen molar-refractivity contribution in [3.63, 3.8) is 0 Å². The number of ether oxygens (including phenoxy) is 4. The first-order valence-electron chi connectivity index (χ1n) is 14.3. The van der Waals surface area contributed by atoms with Crippen LogP contribution in [0.2, 0.25) is 0 Å². The maximum Gasteiger partial charge on any atom is 0.159 e. The third kappa shape index (κ3) is 7.37. The third-order valence-corrected chi connectivity index (χ3v) is 8.23. The van der Waals surface area contributed by atoms with Gasteiger partial charge in [0.2, 0.25) is 0 Å². The predicted molar refractivity (Wildman–Crippen MR) is 141 cm³/mol. The molecule has 0 amide bonds. The van der Waals surface area contributed by atoms with E-state index in [1.54, 1.807) is 0 Å². The summed E-state index contributed by atoms with van der Waals surface area (Å²) in [5.74, 6) is 15.0. The molecule has 2 saturated carbocycles. The van der Waals surface area contributed by atoms with Gasteiger partial charge in [0.05, 0.1) is 18.6 Å². The highest BCUT2D eigenvalue weighted by molar-refractivity contribution is 5.23. The molecule has 2 aliphatic carbocycles. The Morgan fingerprint density at radius 2 is 1.81 bits per heavy atom. The molecule has 4 rings (SSSR count). The van der Waals surface area contributed by atoms with Crippen molar-refractivity contribution in [1.82, 2.24) is 0 Å². The second kappa shape index (κ2) is 13.5. The summed E-state index contributed by atoms with van der Waals surface area (Å²) < 4.78 is 25.0. The van der Waals surface area contributed by atoms with Crippen molar-refractivity contribution >= 4 is 0 Å². The van der Waals surface area contributed by atoms with Crippen LogP contribution in [0.4, 0.5) is 0 Å². The van der Waals surface area contributed by atoms with E-state index in [1.165, 1.54) is 5.57 Å². The van der Waals surface area contributed by atoms with Gasteiger partial charge in [-0.1, -0.05) is 44.3 Å². The molecule has 2 unspecified atom stereocenters. The molecule has 0 aromatic carbocycles. The molecular formula is C31H46O5. The first-order valence-corrected chi connectivity index (χ1v) is 14.3. The summed E-state index contributed by atoms with van der Waals surface area (Å²) in [6.45, 7) is 8.15. The van der Waals surface area contributed by atoms with Crippen LogP contribution in [0.1, 0.15) is 91.4 Å². The lowest BCUT2D eigenvalue weighted by atomic mass is 9.82. The zero-order chi connectivity index (χ0) is 25.4. The van der Waals surface area contributed by atoms with Gasteiger partial charge in [-0.25, -0.2) is 0 Å². The van der Waals surface area contributed by atoms with E-state index in [2.05, 4.69) is 44.5 Å². The van der Waals surface area contributed by atoms with E-state index in [4.69, 9.17) is 18.9 Å². The fraction of sp³-hybridized carbons (Fsp3) is 0.806. The van der Waals surface area contributed by atoms with Gasteiger partial charge in [-0.2, -0.15) is 0 Å². The van der Waals surface area contributed by atoms with Crippen molar-refractivity contribution in [3.8, 4) is 23.7 Å². The molecule has 0 aromatic heterocycles. The lowest BCUT2D eigenvalue weighted by Gasteiger charge is -2.34. The lowest BCUT2D eigenvalue weighted by Crippen LogP contribution is -2.37. The van der Waals surface area contributed by atoms with Crippen molar-refractivity contribution in [2.24, 2.45) is 23.2 Å². The van der Waals surface area contributed by atoms with Crippen LogP contribution < -0.4 is 0 Å². The lowest BCUT2D eigenvalue weighted by molar-refractivity contribution is -0.194. The molecule has 5 heteroatoms. The van der Waals surface area contributed by atoms with Crippen molar-refractivity contribution in [3.05, 3.63) is 11.6 Å². The van der Waals surface area contributed by atoms with Crippen LogP contribution in [0.5, 0.6) is 0 Å². The van der Waals surface area contributed by atoms with Crippen molar-refractivity contribution in [2.45, 2.75) is 116 Å². The number of allylic oxidation sites excluding steroid dienone is 1. The van der Waals surface area contributed by atoms with E-state index in [-0.39, 0.29) is 42.7 Å². The first-order chi connectivity index (χ1) is 17.5. The van der Waals surface area contributed by atoms with Crippen LogP contribution in [0.3, 0.4) is 0 Å². The van der Waals surface area contributed by atoms with Gasteiger partial charge in [0.1, 0.15) is 6.10 Å². The molecule has 5 nitrogen and oxygen atoms in total. The molecule has 7 atom stereocenters. The highest BCUT2D eigenvalue weighted by Crippen LogP contribution is 2.51. The van der Waals surface area contributed by atoms with Gasteiger partial charge >= 0.3 is 0 Å². The maximum atomic E-state index is 9.45. The largest absolute Gasteiger partial charge is 0.392 e. The zero-order valence-corrected chi connectivity index (χ0v) is 22.6. The second-order valence-electron chi connectivity index (χ2n) is 11.6. The standard InChI is InChI=1S/C31H46O5/c1-4-5-8-16-31(2,3)28(36-30-12-7-10-19-34-30)14-13-25-26-21-23(15-17-32)20-24(26)22-27(25)35-29-11-6-9-18-33-29/h15,24-30,32H,4,6-7,9-12,16-22H2,1-3H3/b23-15+/t24-,25+,26-,27+,28+,29?,30?/m0/s1. The molecule has 4 fully saturated rings. The highest BCUT2D eigenvalue weighted by atomic mass is 16.7. The molecule has 2 saturated heterocycles. The Morgan fingerprint density at radius 1 is 1.06 bits per heavy atom. The van der Waals surface area contributed by atoms with Gasteiger partial charge in [-0.3, -0.25) is 0 Å². The van der Waals surface area contributed by atoms with E-state index < -0.39 is 0 Å². The number of aliphatic hydroxyl groups is 1. The first kappa shape index (κ1) is 27.7. The third-order valence-electron chi connectivity index (χ3n) is 8.23. The minimum atomic E-state index is -0.258. The van der Waals surface area contributed by atoms with Crippen molar-refractivity contribution in [2.75, 3.05) is 19.8 Å². The fourth-order valence-corrected chi connectivity index (χ4v) is 6.15. The summed E-state index contributed by atoms with van der Waals surface area (Å²) >= 11 is 0. The van der Waals surface area contributed by atoms with Gasteiger partial charge < -0.3 is 24.1 Å². The normalized spacial score (nSPS) is 34.4. The van der Waals surface area contributed by atoms with Gasteiger partial charge in [0.15, 0.2) is 12.6 Å². The second-order valence-corrected chi connectivity index (χ2v) is 11.6. The molecule has 4 aliphatic rings. The van der Waals surface area contributed by atoms with Gasteiger partial charge in [-0.15, -0.1) is 11.8 Å². The van der Waals surface area contributed by atoms with Crippen LogP contribution in [0, 0.1) is 46.9 Å². The highest BCUT2D eigenvalue weighted by Gasteiger charge is 2.48. The number of rotatable bonds is 7. The summed E-state index contributed by atoms with van der Waals surface area (Å²) in [6, 6.07) is 0. The number of hydrogen-bond acceptors (Lipinski definition) is 5. The molecular weight excluding hydrogens is 452 g/mol. The molecule has 0 radical (unpaired) electrons. The molecule has 0 spiro atoms. The number of hydrogen-bond donors (Lipinski definition) is 1. The zero-order valence-electron chi connectivity index (χ0n) is 22.6. The molecule has 2 heterocycles. The summed E-state index contributed by atoms with van der Waals surface area (Å²) in [4.78, 5) is 0.